The first-order chi connectivity index (χ1) is 11.1. The Morgan fingerprint density at radius 2 is 1.96 bits per heavy atom. The maximum Gasteiger partial charge on any atom is 0.248 e. The van der Waals surface area contributed by atoms with Crippen LogP contribution in [-0.4, -0.2) is 26.9 Å². The van der Waals surface area contributed by atoms with E-state index in [4.69, 9.17) is 16.0 Å². The molecule has 0 bridgehead atoms. The molecule has 2 aromatic heterocycles. The molecule has 0 aliphatic heterocycles. The molecule has 0 saturated heterocycles. The molecule has 0 aliphatic carbocycles. The lowest BCUT2D eigenvalue weighted by Gasteiger charge is -2.08. The number of nitrogens with zero attached hydrogens (tertiary/aromatic N) is 3. The Balaban J connectivity index is 1.96. The number of thioether (sulfide) groups is 1. The van der Waals surface area contributed by atoms with Crippen molar-refractivity contribution in [2.45, 2.75) is 18.1 Å². The van der Waals surface area contributed by atoms with E-state index in [9.17, 15) is 8.78 Å². The van der Waals surface area contributed by atoms with Gasteiger partial charge in [0.15, 0.2) is 11.0 Å². The van der Waals surface area contributed by atoms with Gasteiger partial charge in [-0.25, -0.2) is 8.78 Å². The molecule has 2 heterocycles. The van der Waals surface area contributed by atoms with Crippen LogP contribution in [0.25, 0.3) is 11.4 Å². The van der Waals surface area contributed by atoms with E-state index >= 15 is 0 Å². The summed E-state index contributed by atoms with van der Waals surface area (Å²) < 4.78 is 32.1. The van der Waals surface area contributed by atoms with Gasteiger partial charge >= 0.3 is 0 Å². The van der Waals surface area contributed by atoms with Crippen molar-refractivity contribution in [3.63, 3.8) is 0 Å². The van der Waals surface area contributed by atoms with Gasteiger partial charge in [-0.05, 0) is 36.4 Å². The number of alkyl halides is 2. The van der Waals surface area contributed by atoms with Crippen LogP contribution >= 0.6 is 23.4 Å². The molecule has 0 fully saturated rings. The minimum absolute atomic E-state index is 0.336. The summed E-state index contributed by atoms with van der Waals surface area (Å²) in [4.78, 5) is 0. The zero-order valence-electron chi connectivity index (χ0n) is 11.8. The van der Waals surface area contributed by atoms with Crippen LogP contribution < -0.4 is 0 Å². The van der Waals surface area contributed by atoms with E-state index < -0.39 is 6.43 Å². The van der Waals surface area contributed by atoms with Crippen LogP contribution in [0.5, 0.6) is 0 Å². The van der Waals surface area contributed by atoms with Gasteiger partial charge in [0.1, 0.15) is 5.76 Å². The van der Waals surface area contributed by atoms with Crippen LogP contribution in [0.3, 0.4) is 0 Å². The number of furan rings is 1. The third-order valence-corrected chi connectivity index (χ3v) is 4.28. The molecule has 8 heteroatoms. The summed E-state index contributed by atoms with van der Waals surface area (Å²) in [6, 6.07) is 10.7. The molecular weight excluding hydrogens is 344 g/mol. The van der Waals surface area contributed by atoms with Gasteiger partial charge in [0.25, 0.3) is 0 Å². The van der Waals surface area contributed by atoms with E-state index in [0.717, 1.165) is 17.3 Å². The highest BCUT2D eigenvalue weighted by molar-refractivity contribution is 7.99. The van der Waals surface area contributed by atoms with Crippen molar-refractivity contribution in [3.8, 4) is 11.4 Å². The van der Waals surface area contributed by atoms with Crippen LogP contribution in [0, 0.1) is 0 Å². The largest absolute Gasteiger partial charge is 0.467 e. The molecule has 0 amide bonds. The maximum absolute atomic E-state index is 12.5. The van der Waals surface area contributed by atoms with Crippen molar-refractivity contribution in [1.82, 2.24) is 14.8 Å². The second-order valence-electron chi connectivity index (χ2n) is 4.68. The molecule has 3 aromatic rings. The summed E-state index contributed by atoms with van der Waals surface area (Å²) in [6.07, 6.45) is -0.846. The van der Waals surface area contributed by atoms with Gasteiger partial charge in [0, 0.05) is 10.6 Å². The molecule has 0 saturated carbocycles. The Bertz CT molecular complexity index is 760. The highest BCUT2D eigenvalue weighted by Crippen LogP contribution is 2.27. The van der Waals surface area contributed by atoms with Crippen molar-refractivity contribution in [2.75, 3.05) is 5.75 Å². The minimum atomic E-state index is -2.41. The van der Waals surface area contributed by atoms with Crippen molar-refractivity contribution in [3.05, 3.63) is 53.4 Å². The Hall–Kier alpha value is -1.86. The maximum atomic E-state index is 12.5. The Morgan fingerprint density at radius 1 is 1.17 bits per heavy atom. The van der Waals surface area contributed by atoms with Crippen LogP contribution in [0.15, 0.2) is 52.2 Å². The summed E-state index contributed by atoms with van der Waals surface area (Å²) in [5.74, 6) is 0.936. The molecule has 0 N–H and O–H groups in total. The number of aromatic nitrogens is 3. The third kappa shape index (κ3) is 3.92. The van der Waals surface area contributed by atoms with Crippen LogP contribution in [-0.2, 0) is 6.54 Å². The summed E-state index contributed by atoms with van der Waals surface area (Å²) in [7, 11) is 0. The molecule has 0 spiro atoms. The first-order valence-electron chi connectivity index (χ1n) is 6.76. The molecule has 1 aromatic carbocycles. The van der Waals surface area contributed by atoms with Gasteiger partial charge in [-0.15, -0.1) is 10.2 Å². The van der Waals surface area contributed by atoms with Gasteiger partial charge in [-0.1, -0.05) is 23.4 Å². The average molecular weight is 356 g/mol. The molecule has 0 unspecified atom stereocenters. The molecule has 3 rings (SSSR count). The molecule has 0 atom stereocenters. The Morgan fingerprint density at radius 3 is 2.61 bits per heavy atom. The van der Waals surface area contributed by atoms with E-state index in [1.54, 1.807) is 29.0 Å². The van der Waals surface area contributed by atoms with Gasteiger partial charge in [-0.3, -0.25) is 4.57 Å². The normalized spacial score (nSPS) is 11.3. The van der Waals surface area contributed by atoms with Gasteiger partial charge in [-0.2, -0.15) is 0 Å². The van der Waals surface area contributed by atoms with Crippen molar-refractivity contribution in [1.29, 1.82) is 0 Å². The first kappa shape index (κ1) is 16.0. The van der Waals surface area contributed by atoms with E-state index in [-0.39, 0.29) is 5.75 Å². The second-order valence-corrected chi connectivity index (χ2v) is 6.10. The fourth-order valence-corrected chi connectivity index (χ4v) is 2.85. The summed E-state index contributed by atoms with van der Waals surface area (Å²) in [5, 5.41) is 9.20. The fraction of sp³-hybridized carbons (Fsp3) is 0.200. The molecular formula is C15H12ClF2N3OS. The fourth-order valence-electron chi connectivity index (χ4n) is 2.05. The van der Waals surface area contributed by atoms with Crippen LogP contribution in [0.4, 0.5) is 8.78 Å². The monoisotopic (exact) mass is 355 g/mol. The molecule has 0 radical (unpaired) electrons. The topological polar surface area (TPSA) is 43.9 Å². The first-order valence-corrected chi connectivity index (χ1v) is 8.12. The Kier molecular flexibility index (Phi) is 4.97. The molecule has 23 heavy (non-hydrogen) atoms. The summed E-state index contributed by atoms with van der Waals surface area (Å²) >= 11 is 6.87. The number of hydrogen-bond acceptors (Lipinski definition) is 4. The van der Waals surface area contributed by atoms with Crippen molar-refractivity contribution >= 4 is 23.4 Å². The van der Waals surface area contributed by atoms with Gasteiger partial charge in [0.2, 0.25) is 6.43 Å². The van der Waals surface area contributed by atoms with Gasteiger partial charge in [0.05, 0.1) is 18.6 Å². The van der Waals surface area contributed by atoms with E-state index in [1.165, 1.54) is 0 Å². The predicted molar refractivity (Wildman–Crippen MR) is 85.0 cm³/mol. The van der Waals surface area contributed by atoms with Crippen molar-refractivity contribution < 1.29 is 13.2 Å². The van der Waals surface area contributed by atoms with Crippen LogP contribution in [0.1, 0.15) is 5.76 Å². The average Bonchev–Trinajstić information content (AvgIpc) is 3.17. The van der Waals surface area contributed by atoms with E-state index in [1.807, 2.05) is 18.2 Å². The Labute approximate surface area is 140 Å². The molecule has 120 valence electrons. The zero-order chi connectivity index (χ0) is 16.2. The molecule has 4 nitrogen and oxygen atoms in total. The smallest absolute Gasteiger partial charge is 0.248 e. The van der Waals surface area contributed by atoms with E-state index in [0.29, 0.717) is 28.3 Å². The van der Waals surface area contributed by atoms with Gasteiger partial charge < -0.3 is 4.42 Å². The number of halogens is 3. The van der Waals surface area contributed by atoms with E-state index in [2.05, 4.69) is 10.2 Å². The zero-order valence-corrected chi connectivity index (χ0v) is 13.4. The number of hydrogen-bond donors (Lipinski definition) is 0. The lowest BCUT2D eigenvalue weighted by Crippen LogP contribution is -2.05. The number of benzene rings is 1. The standard InChI is InChI=1S/C15H12ClF2N3OS/c16-11-5-3-10(4-6-11)14-19-20-15(23-9-13(17)18)21(14)8-12-2-1-7-22-12/h1-7,13H,8-9H2. The lowest BCUT2D eigenvalue weighted by molar-refractivity contribution is 0.176. The quantitative estimate of drug-likeness (QED) is 0.606. The predicted octanol–water partition coefficient (Wildman–Crippen LogP) is 4.60. The summed E-state index contributed by atoms with van der Waals surface area (Å²) in [6.45, 7) is 0.365. The molecule has 0 aliphatic rings. The highest BCUT2D eigenvalue weighted by Gasteiger charge is 2.17. The SMILES string of the molecule is FC(F)CSc1nnc(-c2ccc(Cl)cc2)n1Cc1ccco1. The highest BCUT2D eigenvalue weighted by atomic mass is 35.5. The summed E-state index contributed by atoms with van der Waals surface area (Å²) in [5.41, 5.74) is 0.803. The minimum Gasteiger partial charge on any atom is -0.467 e. The lowest BCUT2D eigenvalue weighted by atomic mass is 10.2. The number of rotatable bonds is 6. The van der Waals surface area contributed by atoms with Crippen molar-refractivity contribution in [2.24, 2.45) is 0 Å². The third-order valence-electron chi connectivity index (χ3n) is 3.05. The second kappa shape index (κ2) is 7.14. The van der Waals surface area contributed by atoms with Crippen LogP contribution in [0.2, 0.25) is 5.02 Å².